The van der Waals surface area contributed by atoms with Crippen molar-refractivity contribution < 1.29 is 9.59 Å². The highest BCUT2D eigenvalue weighted by atomic mass is 16.1. The number of Topliss-reactive ketones (excluding diaryl/α,β-unsaturated/α-hetero) is 2. The Balaban J connectivity index is 1.12. The molecule has 2 atom stereocenters. The summed E-state index contributed by atoms with van der Waals surface area (Å²) in [5.74, 6) is 1.68. The van der Waals surface area contributed by atoms with Crippen LogP contribution in [0.15, 0.2) is 0 Å². The van der Waals surface area contributed by atoms with Gasteiger partial charge in [-0.15, -0.1) is 0 Å². The average molecular weight is 361 g/mol. The molecule has 7 heterocycles. The summed E-state index contributed by atoms with van der Waals surface area (Å²) in [5, 5.41) is 0. The largest absolute Gasteiger partial charge is 0.299 e. The Kier molecular flexibility index (Phi) is 4.63. The lowest BCUT2D eigenvalue weighted by molar-refractivity contribution is -0.139. The number of nitrogens with zero attached hydrogens (tertiary/aromatic N) is 4. The van der Waals surface area contributed by atoms with Crippen molar-refractivity contribution in [3.63, 3.8) is 0 Å². The van der Waals surface area contributed by atoms with Gasteiger partial charge in [-0.05, 0) is 51.9 Å². The molecule has 7 rings (SSSR count). The second kappa shape index (κ2) is 6.97. The maximum absolute atomic E-state index is 12.6. The van der Waals surface area contributed by atoms with E-state index < -0.39 is 0 Å². The van der Waals surface area contributed by atoms with E-state index in [1.807, 2.05) is 0 Å². The van der Waals surface area contributed by atoms with Gasteiger partial charge in [0.05, 0.1) is 12.1 Å². The van der Waals surface area contributed by atoms with Crippen LogP contribution in [0.3, 0.4) is 0 Å². The molecule has 26 heavy (non-hydrogen) atoms. The molecule has 7 saturated heterocycles. The topological polar surface area (TPSA) is 47.1 Å². The first-order chi connectivity index (χ1) is 12.7. The van der Waals surface area contributed by atoms with E-state index in [1.165, 1.54) is 0 Å². The van der Waals surface area contributed by atoms with Gasteiger partial charge in [-0.1, -0.05) is 0 Å². The minimum absolute atomic E-state index is 0.149. The monoisotopic (exact) mass is 360 g/mol. The Morgan fingerprint density at radius 3 is 1.23 bits per heavy atom. The van der Waals surface area contributed by atoms with Crippen LogP contribution in [0.1, 0.15) is 25.7 Å². The van der Waals surface area contributed by atoms with Crippen LogP contribution >= 0.6 is 0 Å². The van der Waals surface area contributed by atoms with Gasteiger partial charge in [-0.2, -0.15) is 0 Å². The van der Waals surface area contributed by atoms with Crippen LogP contribution in [-0.4, -0.2) is 109 Å². The predicted molar refractivity (Wildman–Crippen MR) is 99.1 cm³/mol. The summed E-state index contributed by atoms with van der Waals surface area (Å²) in [7, 11) is 0. The van der Waals surface area contributed by atoms with Gasteiger partial charge in [0.2, 0.25) is 0 Å². The Labute approximate surface area is 156 Å². The third-order valence-electron chi connectivity index (χ3n) is 7.73. The Morgan fingerprint density at radius 1 is 0.577 bits per heavy atom. The zero-order chi connectivity index (χ0) is 17.7. The number of carbonyl (C=O) groups is 2. The van der Waals surface area contributed by atoms with Crippen LogP contribution in [0, 0.1) is 11.8 Å². The van der Waals surface area contributed by atoms with E-state index in [2.05, 4.69) is 19.6 Å². The molecule has 0 aromatic rings. The SMILES string of the molecule is O=C1C2CCN(CC2)[C@H]1CN1CCN(C[C@H]2C(=O)C3CCN2CC3)CC1. The maximum Gasteiger partial charge on any atom is 0.154 e. The van der Waals surface area contributed by atoms with Gasteiger partial charge in [0.1, 0.15) is 0 Å². The van der Waals surface area contributed by atoms with E-state index in [9.17, 15) is 9.59 Å². The number of carbonyl (C=O) groups excluding carboxylic acids is 2. The average Bonchev–Trinajstić information content (AvgIpc) is 2.69. The van der Waals surface area contributed by atoms with Crippen molar-refractivity contribution in [3.8, 4) is 0 Å². The lowest BCUT2D eigenvalue weighted by Gasteiger charge is -2.48. The molecular formula is C20H32N4O2. The van der Waals surface area contributed by atoms with E-state index >= 15 is 0 Å². The third kappa shape index (κ3) is 3.05. The molecule has 7 aliphatic rings. The molecule has 6 heteroatoms. The Bertz CT molecular complexity index is 508. The number of ketones is 2. The van der Waals surface area contributed by atoms with Crippen LogP contribution in [0.25, 0.3) is 0 Å². The second-order valence-electron chi connectivity index (χ2n) is 9.06. The summed E-state index contributed by atoms with van der Waals surface area (Å²) >= 11 is 0. The lowest BCUT2D eigenvalue weighted by atomic mass is 9.81. The first kappa shape index (κ1) is 17.3. The van der Waals surface area contributed by atoms with Crippen LogP contribution in [0.5, 0.6) is 0 Å². The van der Waals surface area contributed by atoms with E-state index in [1.54, 1.807) is 0 Å². The lowest BCUT2D eigenvalue weighted by Crippen LogP contribution is -2.62. The van der Waals surface area contributed by atoms with Crippen LogP contribution in [0.2, 0.25) is 0 Å². The van der Waals surface area contributed by atoms with Gasteiger partial charge in [0.15, 0.2) is 11.6 Å². The van der Waals surface area contributed by atoms with Gasteiger partial charge in [0, 0.05) is 51.1 Å². The number of hydrogen-bond acceptors (Lipinski definition) is 6. The minimum atomic E-state index is 0.149. The summed E-state index contributed by atoms with van der Waals surface area (Å²) in [6, 6.07) is 0.298. The van der Waals surface area contributed by atoms with Crippen LogP contribution < -0.4 is 0 Å². The van der Waals surface area contributed by atoms with Crippen molar-refractivity contribution in [1.29, 1.82) is 0 Å². The molecule has 6 nitrogen and oxygen atoms in total. The highest BCUT2D eigenvalue weighted by molar-refractivity contribution is 5.88. The van der Waals surface area contributed by atoms with Gasteiger partial charge in [-0.3, -0.25) is 29.2 Å². The number of fused-ring (bicyclic) bond motifs is 6. The second-order valence-corrected chi connectivity index (χ2v) is 9.06. The molecule has 0 radical (unpaired) electrons. The molecule has 0 saturated carbocycles. The Hall–Kier alpha value is -0.820. The molecule has 0 aromatic heterocycles. The molecule has 0 aromatic carbocycles. The number of rotatable bonds is 4. The molecule has 4 bridgehead atoms. The standard InChI is InChI=1S/C20H32N4O2/c25-19-15-1-5-23(6-2-15)17(19)13-21-9-11-22(12-10-21)14-18-20(26)16-3-7-24(18)8-4-16/h15-18H,1-14H2/t17-,18-/m0/s1. The summed E-state index contributed by atoms with van der Waals surface area (Å²) in [4.78, 5) is 34.9. The van der Waals surface area contributed by atoms with Crippen molar-refractivity contribution in [2.75, 3.05) is 65.4 Å². The number of piperidine rings is 6. The number of hydrogen-bond donors (Lipinski definition) is 0. The first-order valence-corrected chi connectivity index (χ1v) is 10.7. The first-order valence-electron chi connectivity index (χ1n) is 10.7. The van der Waals surface area contributed by atoms with E-state index in [0.29, 0.717) is 23.4 Å². The predicted octanol–water partition coefficient (Wildman–Crippen LogP) is -0.0694. The highest BCUT2D eigenvalue weighted by Crippen LogP contribution is 2.31. The molecule has 0 unspecified atom stereocenters. The van der Waals surface area contributed by atoms with Crippen LogP contribution in [0.4, 0.5) is 0 Å². The summed E-state index contributed by atoms with van der Waals surface area (Å²) in [5.41, 5.74) is 0. The van der Waals surface area contributed by atoms with Crippen molar-refractivity contribution >= 4 is 11.6 Å². The Morgan fingerprint density at radius 2 is 0.923 bits per heavy atom. The van der Waals surface area contributed by atoms with Gasteiger partial charge < -0.3 is 0 Å². The van der Waals surface area contributed by atoms with Crippen molar-refractivity contribution in [2.24, 2.45) is 11.8 Å². The molecule has 0 amide bonds. The number of piperazine rings is 1. The quantitative estimate of drug-likeness (QED) is 0.700. The van der Waals surface area contributed by atoms with Gasteiger partial charge in [-0.25, -0.2) is 0 Å². The fourth-order valence-electron chi connectivity index (χ4n) is 5.95. The van der Waals surface area contributed by atoms with Crippen molar-refractivity contribution in [2.45, 2.75) is 37.8 Å². The molecule has 7 aliphatic heterocycles. The highest BCUT2D eigenvalue weighted by Gasteiger charge is 2.43. The molecule has 7 fully saturated rings. The third-order valence-corrected chi connectivity index (χ3v) is 7.73. The van der Waals surface area contributed by atoms with Crippen molar-refractivity contribution in [1.82, 2.24) is 19.6 Å². The summed E-state index contributed by atoms with van der Waals surface area (Å²) in [6.07, 6.45) is 4.32. The molecule has 0 spiro atoms. The van der Waals surface area contributed by atoms with Crippen LogP contribution in [-0.2, 0) is 9.59 Å². The summed E-state index contributed by atoms with van der Waals surface area (Å²) in [6.45, 7) is 10.4. The maximum atomic E-state index is 12.6. The summed E-state index contributed by atoms with van der Waals surface area (Å²) < 4.78 is 0. The minimum Gasteiger partial charge on any atom is -0.299 e. The van der Waals surface area contributed by atoms with E-state index in [4.69, 9.17) is 0 Å². The van der Waals surface area contributed by atoms with Gasteiger partial charge in [0.25, 0.3) is 0 Å². The molecule has 0 N–H and O–H groups in total. The fourth-order valence-corrected chi connectivity index (χ4v) is 5.95. The zero-order valence-electron chi connectivity index (χ0n) is 15.8. The van der Waals surface area contributed by atoms with E-state index in [-0.39, 0.29) is 12.1 Å². The van der Waals surface area contributed by atoms with Crippen molar-refractivity contribution in [3.05, 3.63) is 0 Å². The molecular weight excluding hydrogens is 328 g/mol. The van der Waals surface area contributed by atoms with E-state index in [0.717, 1.165) is 91.1 Å². The molecule has 144 valence electrons. The molecule has 0 aliphatic carbocycles. The fraction of sp³-hybridized carbons (Fsp3) is 0.900. The smallest absolute Gasteiger partial charge is 0.154 e. The normalized spacial score (nSPS) is 44.0. The zero-order valence-corrected chi connectivity index (χ0v) is 15.8. The van der Waals surface area contributed by atoms with Gasteiger partial charge >= 0.3 is 0 Å².